The molecule has 1 aliphatic heterocycles. The summed E-state index contributed by atoms with van der Waals surface area (Å²) in [5.74, 6) is 0.586. The zero-order valence-electron chi connectivity index (χ0n) is 18.3. The van der Waals surface area contributed by atoms with Gasteiger partial charge in [0, 0.05) is 5.56 Å². The number of hydrogen-bond acceptors (Lipinski definition) is 8. The minimum absolute atomic E-state index is 0.180. The highest BCUT2D eigenvalue weighted by molar-refractivity contribution is 5.75. The van der Waals surface area contributed by atoms with E-state index in [4.69, 9.17) is 9.47 Å². The Hall–Kier alpha value is -3.52. The smallest absolute Gasteiger partial charge is 0.271 e. The van der Waals surface area contributed by atoms with Gasteiger partial charge < -0.3 is 29.9 Å². The fourth-order valence-electron chi connectivity index (χ4n) is 4.11. The molecule has 1 aromatic heterocycles. The van der Waals surface area contributed by atoms with Crippen molar-refractivity contribution in [1.82, 2.24) is 4.57 Å². The van der Waals surface area contributed by atoms with Gasteiger partial charge in [-0.15, -0.1) is 0 Å². The summed E-state index contributed by atoms with van der Waals surface area (Å²) in [7, 11) is 1.52. The average Bonchev–Trinajstić information content (AvgIpc) is 2.88. The molecule has 34 heavy (non-hydrogen) atoms. The highest BCUT2D eigenvalue weighted by Crippen LogP contribution is 2.34. The summed E-state index contributed by atoms with van der Waals surface area (Å²) in [6.45, 7) is -0.652. The van der Waals surface area contributed by atoms with Gasteiger partial charge in [0.25, 0.3) is 5.56 Å². The number of rotatable bonds is 5. The third kappa shape index (κ3) is 4.09. The number of ether oxygens (including phenoxy) is 2. The number of nitriles is 1. The molecule has 0 bridgehead atoms. The third-order valence-electron chi connectivity index (χ3n) is 5.95. The quantitative estimate of drug-likeness (QED) is 0.438. The Balaban J connectivity index is 2.00. The molecule has 4 N–H and O–H groups in total. The van der Waals surface area contributed by atoms with Crippen molar-refractivity contribution in [2.24, 2.45) is 0 Å². The Morgan fingerprint density at radius 2 is 1.68 bits per heavy atom. The van der Waals surface area contributed by atoms with Gasteiger partial charge in [-0.05, 0) is 41.5 Å². The van der Waals surface area contributed by atoms with Crippen LogP contribution in [0.2, 0.25) is 0 Å². The molecule has 1 saturated heterocycles. The average molecular weight is 464 g/mol. The van der Waals surface area contributed by atoms with Crippen molar-refractivity contribution in [2.75, 3.05) is 13.7 Å². The Labute approximate surface area is 195 Å². The SMILES string of the molecule is COc1ccc(-c2cc(-c3ccccc3)c(C#N)c(=O)n2[C@@H]2O[C@H](CO)[C@H](O)[C@H](O)[C@H]2O)cc1. The number of aliphatic hydroxyl groups is 4. The van der Waals surface area contributed by atoms with E-state index in [9.17, 15) is 30.5 Å². The van der Waals surface area contributed by atoms with Gasteiger partial charge in [-0.3, -0.25) is 9.36 Å². The van der Waals surface area contributed by atoms with Crippen LogP contribution in [0.1, 0.15) is 11.8 Å². The van der Waals surface area contributed by atoms with Crippen LogP contribution in [0.5, 0.6) is 5.75 Å². The molecule has 4 rings (SSSR count). The molecule has 0 saturated carbocycles. The minimum atomic E-state index is -1.71. The summed E-state index contributed by atoms with van der Waals surface area (Å²) < 4.78 is 12.0. The normalized spacial score (nSPS) is 24.4. The number of hydrogen-bond donors (Lipinski definition) is 4. The van der Waals surface area contributed by atoms with Gasteiger partial charge in [0.2, 0.25) is 0 Å². The van der Waals surface area contributed by atoms with Crippen molar-refractivity contribution in [3.05, 3.63) is 76.6 Å². The number of aromatic nitrogens is 1. The van der Waals surface area contributed by atoms with E-state index < -0.39 is 42.8 Å². The van der Waals surface area contributed by atoms with Gasteiger partial charge in [-0.2, -0.15) is 5.26 Å². The van der Waals surface area contributed by atoms with Gasteiger partial charge in [-0.1, -0.05) is 30.3 Å². The van der Waals surface area contributed by atoms with E-state index >= 15 is 0 Å². The second-order valence-electron chi connectivity index (χ2n) is 7.92. The Bertz CT molecular complexity index is 1250. The summed E-state index contributed by atoms with van der Waals surface area (Å²) in [5, 5.41) is 50.7. The van der Waals surface area contributed by atoms with Gasteiger partial charge in [0.05, 0.1) is 19.4 Å². The zero-order valence-corrected chi connectivity index (χ0v) is 18.3. The first-order valence-electron chi connectivity index (χ1n) is 10.6. The van der Waals surface area contributed by atoms with Crippen LogP contribution in [0.3, 0.4) is 0 Å². The molecule has 1 fully saturated rings. The highest BCUT2D eigenvalue weighted by atomic mass is 16.6. The van der Waals surface area contributed by atoms with E-state index in [1.807, 2.05) is 12.1 Å². The molecule has 0 aliphatic carbocycles. The van der Waals surface area contributed by atoms with Crippen molar-refractivity contribution in [1.29, 1.82) is 5.26 Å². The molecule has 2 heterocycles. The lowest BCUT2D eigenvalue weighted by Gasteiger charge is -2.41. The van der Waals surface area contributed by atoms with Crippen LogP contribution in [0.15, 0.2) is 65.5 Å². The zero-order chi connectivity index (χ0) is 24.4. The molecule has 9 heteroatoms. The number of pyridine rings is 1. The fraction of sp³-hybridized carbons (Fsp3) is 0.280. The molecule has 2 aromatic carbocycles. The second-order valence-corrected chi connectivity index (χ2v) is 7.92. The molecule has 9 nitrogen and oxygen atoms in total. The Morgan fingerprint density at radius 3 is 2.26 bits per heavy atom. The predicted molar refractivity (Wildman–Crippen MR) is 122 cm³/mol. The van der Waals surface area contributed by atoms with Crippen molar-refractivity contribution in [2.45, 2.75) is 30.6 Å². The van der Waals surface area contributed by atoms with Gasteiger partial charge >= 0.3 is 0 Å². The Morgan fingerprint density at radius 1 is 1.00 bits per heavy atom. The van der Waals surface area contributed by atoms with E-state index in [0.717, 1.165) is 4.57 Å². The van der Waals surface area contributed by atoms with Gasteiger partial charge in [-0.25, -0.2) is 0 Å². The maximum Gasteiger partial charge on any atom is 0.271 e. The molecule has 3 aromatic rings. The molecule has 0 amide bonds. The van der Waals surface area contributed by atoms with Gasteiger partial charge in [0.1, 0.15) is 41.8 Å². The fourth-order valence-corrected chi connectivity index (χ4v) is 4.11. The largest absolute Gasteiger partial charge is 0.497 e. The third-order valence-corrected chi connectivity index (χ3v) is 5.95. The van der Waals surface area contributed by atoms with Crippen molar-refractivity contribution in [3.8, 4) is 34.2 Å². The maximum absolute atomic E-state index is 13.7. The van der Waals surface area contributed by atoms with E-state index in [0.29, 0.717) is 28.1 Å². The molecule has 0 spiro atoms. The van der Waals surface area contributed by atoms with Crippen molar-refractivity contribution >= 4 is 0 Å². The molecule has 0 unspecified atom stereocenters. The number of aliphatic hydroxyl groups excluding tert-OH is 4. The topological polar surface area (TPSA) is 145 Å². The van der Waals surface area contributed by atoms with Crippen LogP contribution < -0.4 is 10.3 Å². The lowest BCUT2D eigenvalue weighted by atomic mass is 9.95. The number of methoxy groups -OCH3 is 1. The molecular weight excluding hydrogens is 440 g/mol. The molecule has 5 atom stereocenters. The molecule has 0 radical (unpaired) electrons. The van der Waals surface area contributed by atoms with Crippen LogP contribution in [-0.4, -0.2) is 63.1 Å². The first kappa shape index (κ1) is 23.6. The van der Waals surface area contributed by atoms with Crippen LogP contribution in [-0.2, 0) is 4.74 Å². The van der Waals surface area contributed by atoms with E-state index in [1.165, 1.54) is 7.11 Å². The summed E-state index contributed by atoms with van der Waals surface area (Å²) in [4.78, 5) is 13.7. The first-order valence-corrected chi connectivity index (χ1v) is 10.6. The molecule has 1 aliphatic rings. The summed E-state index contributed by atoms with van der Waals surface area (Å²) in [5.41, 5.74) is 0.956. The van der Waals surface area contributed by atoms with Crippen LogP contribution in [0.4, 0.5) is 0 Å². The summed E-state index contributed by atoms with van der Waals surface area (Å²) >= 11 is 0. The van der Waals surface area contributed by atoms with E-state index in [1.54, 1.807) is 54.6 Å². The highest BCUT2D eigenvalue weighted by Gasteiger charge is 2.45. The number of benzene rings is 2. The predicted octanol–water partition coefficient (Wildman–Crippen LogP) is 1.03. The van der Waals surface area contributed by atoms with Crippen molar-refractivity contribution < 1.29 is 29.9 Å². The summed E-state index contributed by atoms with van der Waals surface area (Å²) in [6, 6.07) is 19.3. The second kappa shape index (κ2) is 9.77. The monoisotopic (exact) mass is 464 g/mol. The lowest BCUT2D eigenvalue weighted by Crippen LogP contribution is -2.57. The first-order chi connectivity index (χ1) is 16.4. The van der Waals surface area contributed by atoms with E-state index in [2.05, 4.69) is 0 Å². The van der Waals surface area contributed by atoms with Crippen LogP contribution >= 0.6 is 0 Å². The van der Waals surface area contributed by atoms with Crippen LogP contribution in [0, 0.1) is 11.3 Å². The van der Waals surface area contributed by atoms with Crippen molar-refractivity contribution in [3.63, 3.8) is 0 Å². The molecular formula is C25H24N2O7. The van der Waals surface area contributed by atoms with Gasteiger partial charge in [0.15, 0.2) is 6.23 Å². The standard InChI is InChI=1S/C25H24N2O7/c1-33-16-9-7-15(8-10-16)19-11-17(14-5-3-2-4-6-14)18(12-26)24(32)27(19)25-23(31)22(30)21(29)20(13-28)34-25/h2-11,20-23,25,28-31H,13H2,1H3/t20-,21+,22+,23-,25-/m1/s1. The van der Waals surface area contributed by atoms with E-state index in [-0.39, 0.29) is 5.56 Å². The molecule has 176 valence electrons. The van der Waals surface area contributed by atoms with Crippen LogP contribution in [0.25, 0.3) is 22.4 Å². The number of nitrogens with zero attached hydrogens (tertiary/aromatic N) is 2. The Kier molecular flexibility index (Phi) is 6.79. The lowest BCUT2D eigenvalue weighted by molar-refractivity contribution is -0.251. The maximum atomic E-state index is 13.7. The summed E-state index contributed by atoms with van der Waals surface area (Å²) in [6.07, 6.45) is -7.68. The minimum Gasteiger partial charge on any atom is -0.497 e.